The van der Waals surface area contributed by atoms with Gasteiger partial charge in [0.2, 0.25) is 0 Å². The topological polar surface area (TPSA) is 46.5 Å². The number of hydrogen-bond acceptors (Lipinski definition) is 3. The summed E-state index contributed by atoms with van der Waals surface area (Å²) in [5.41, 5.74) is -1.80. The number of rotatable bonds is 4. The Balaban J connectivity index is 3.05. The molecule has 2 unspecified atom stereocenters. The van der Waals surface area contributed by atoms with E-state index in [2.05, 4.69) is 0 Å². The quantitative estimate of drug-likeness (QED) is 0.843. The lowest BCUT2D eigenvalue weighted by atomic mass is 9.84. The molecule has 0 spiro atoms. The van der Waals surface area contributed by atoms with Crippen LogP contribution < -0.4 is 0 Å². The molecule has 0 aliphatic carbocycles. The van der Waals surface area contributed by atoms with E-state index in [-0.39, 0.29) is 12.2 Å². The molecule has 0 heterocycles. The number of ether oxygens (including phenoxy) is 1. The highest BCUT2D eigenvalue weighted by molar-refractivity contribution is 5.80. The average Bonchev–Trinajstić information content (AvgIpc) is 2.28. The summed E-state index contributed by atoms with van der Waals surface area (Å²) >= 11 is 0. The third kappa shape index (κ3) is 2.85. The van der Waals surface area contributed by atoms with Gasteiger partial charge in [0, 0.05) is 12.0 Å². The van der Waals surface area contributed by atoms with Crippen molar-refractivity contribution < 1.29 is 23.4 Å². The molecule has 0 fully saturated rings. The molecule has 100 valence electrons. The Morgan fingerprint density at radius 3 is 2.61 bits per heavy atom. The van der Waals surface area contributed by atoms with E-state index in [1.54, 1.807) is 6.92 Å². The van der Waals surface area contributed by atoms with Crippen LogP contribution in [0.3, 0.4) is 0 Å². The van der Waals surface area contributed by atoms with Gasteiger partial charge in [0.25, 0.3) is 0 Å². The smallest absolute Gasteiger partial charge is 0.338 e. The molecule has 1 aromatic carbocycles. The lowest BCUT2D eigenvalue weighted by molar-refractivity contribution is -0.165. The molecule has 0 bridgehead atoms. The van der Waals surface area contributed by atoms with Crippen LogP contribution in [-0.4, -0.2) is 23.3 Å². The molecule has 0 amide bonds. The van der Waals surface area contributed by atoms with E-state index in [1.807, 2.05) is 0 Å². The zero-order chi connectivity index (χ0) is 13.9. The number of esters is 1. The Morgan fingerprint density at radius 2 is 2.11 bits per heavy atom. The van der Waals surface area contributed by atoms with Crippen molar-refractivity contribution in [3.05, 3.63) is 35.4 Å². The molecular weight excluding hydrogens is 242 g/mol. The third-order valence-electron chi connectivity index (χ3n) is 2.96. The van der Waals surface area contributed by atoms with Crippen molar-refractivity contribution >= 4 is 5.97 Å². The van der Waals surface area contributed by atoms with E-state index in [9.17, 15) is 18.7 Å². The molecule has 0 radical (unpaired) electrons. The Kier molecular flexibility index (Phi) is 4.40. The van der Waals surface area contributed by atoms with Crippen molar-refractivity contribution in [1.29, 1.82) is 0 Å². The molecule has 0 aliphatic rings. The minimum Gasteiger partial charge on any atom is -0.464 e. The maximum atomic E-state index is 13.6. The fourth-order valence-electron chi connectivity index (χ4n) is 1.61. The van der Waals surface area contributed by atoms with Gasteiger partial charge in [-0.1, -0.05) is 13.0 Å². The second kappa shape index (κ2) is 5.44. The number of benzene rings is 1. The molecule has 1 rings (SSSR count). The van der Waals surface area contributed by atoms with Crippen molar-refractivity contribution in [2.45, 2.75) is 32.3 Å². The van der Waals surface area contributed by atoms with Crippen molar-refractivity contribution in [2.75, 3.05) is 6.61 Å². The second-order valence-corrected chi connectivity index (χ2v) is 4.26. The molecule has 2 atom stereocenters. The standard InChI is InChI=1S/C13H16F2O3/c1-4-18-12(16)13(3,17)8(2)10-6-5-9(14)7-11(10)15/h5-8,17H,4H2,1-3H3. The van der Waals surface area contributed by atoms with Gasteiger partial charge in [0.15, 0.2) is 5.60 Å². The lowest BCUT2D eigenvalue weighted by Gasteiger charge is -2.28. The van der Waals surface area contributed by atoms with Crippen molar-refractivity contribution in [1.82, 2.24) is 0 Å². The van der Waals surface area contributed by atoms with E-state index >= 15 is 0 Å². The molecule has 3 nitrogen and oxygen atoms in total. The maximum Gasteiger partial charge on any atom is 0.338 e. The second-order valence-electron chi connectivity index (χ2n) is 4.26. The molecule has 1 aromatic rings. The highest BCUT2D eigenvalue weighted by atomic mass is 19.1. The van der Waals surface area contributed by atoms with E-state index in [1.165, 1.54) is 19.9 Å². The van der Waals surface area contributed by atoms with Crippen LogP contribution in [0, 0.1) is 11.6 Å². The predicted molar refractivity (Wildman–Crippen MR) is 62.0 cm³/mol. The fourth-order valence-corrected chi connectivity index (χ4v) is 1.61. The minimum absolute atomic E-state index is 0.0643. The van der Waals surface area contributed by atoms with Crippen LogP contribution in [0.5, 0.6) is 0 Å². The van der Waals surface area contributed by atoms with Crippen LogP contribution in [0.15, 0.2) is 18.2 Å². The minimum atomic E-state index is -1.87. The monoisotopic (exact) mass is 258 g/mol. The van der Waals surface area contributed by atoms with E-state index in [4.69, 9.17) is 4.74 Å². The van der Waals surface area contributed by atoms with Crippen molar-refractivity contribution in [3.63, 3.8) is 0 Å². The molecule has 0 saturated heterocycles. The van der Waals surface area contributed by atoms with Gasteiger partial charge < -0.3 is 9.84 Å². The summed E-state index contributed by atoms with van der Waals surface area (Å²) in [6, 6.07) is 3.01. The van der Waals surface area contributed by atoms with Crippen molar-refractivity contribution in [3.8, 4) is 0 Å². The molecule has 0 aliphatic heterocycles. The lowest BCUT2D eigenvalue weighted by Crippen LogP contribution is -2.42. The largest absolute Gasteiger partial charge is 0.464 e. The van der Waals surface area contributed by atoms with Gasteiger partial charge in [-0.25, -0.2) is 13.6 Å². The van der Waals surface area contributed by atoms with Gasteiger partial charge in [-0.05, 0) is 25.5 Å². The summed E-state index contributed by atoms with van der Waals surface area (Å²) in [5.74, 6) is -3.19. The van der Waals surface area contributed by atoms with Gasteiger partial charge in [-0.3, -0.25) is 0 Å². The molecule has 0 saturated carbocycles. The van der Waals surface area contributed by atoms with E-state index in [0.29, 0.717) is 6.07 Å². The summed E-state index contributed by atoms with van der Waals surface area (Å²) in [6.07, 6.45) is 0. The normalized spacial score (nSPS) is 15.9. The fraction of sp³-hybridized carbons (Fsp3) is 0.462. The van der Waals surface area contributed by atoms with Crippen LogP contribution in [0.1, 0.15) is 32.3 Å². The van der Waals surface area contributed by atoms with Crippen molar-refractivity contribution in [2.24, 2.45) is 0 Å². The number of aliphatic hydroxyl groups is 1. The summed E-state index contributed by atoms with van der Waals surface area (Å²) in [6.45, 7) is 4.45. The van der Waals surface area contributed by atoms with Crippen LogP contribution >= 0.6 is 0 Å². The molecule has 5 heteroatoms. The first-order chi connectivity index (χ1) is 8.30. The van der Waals surface area contributed by atoms with Gasteiger partial charge in [0.05, 0.1) is 6.61 Å². The zero-order valence-electron chi connectivity index (χ0n) is 10.5. The number of carbonyl (C=O) groups is 1. The van der Waals surface area contributed by atoms with Crippen LogP contribution in [0.4, 0.5) is 8.78 Å². The van der Waals surface area contributed by atoms with Crippen LogP contribution in [0.25, 0.3) is 0 Å². The number of halogens is 2. The Bertz CT molecular complexity index is 444. The highest BCUT2D eigenvalue weighted by Crippen LogP contribution is 2.31. The Hall–Kier alpha value is -1.49. The van der Waals surface area contributed by atoms with Gasteiger partial charge in [-0.15, -0.1) is 0 Å². The first kappa shape index (κ1) is 14.6. The van der Waals surface area contributed by atoms with Gasteiger partial charge in [-0.2, -0.15) is 0 Å². The van der Waals surface area contributed by atoms with Crippen LogP contribution in [0.2, 0.25) is 0 Å². The third-order valence-corrected chi connectivity index (χ3v) is 2.96. The summed E-state index contributed by atoms with van der Waals surface area (Å²) < 4.78 is 31.1. The maximum absolute atomic E-state index is 13.6. The summed E-state index contributed by atoms with van der Waals surface area (Å²) in [5, 5.41) is 10.1. The molecular formula is C13H16F2O3. The van der Waals surface area contributed by atoms with Gasteiger partial charge >= 0.3 is 5.97 Å². The Labute approximate surface area is 104 Å². The number of carbonyl (C=O) groups excluding carboxylic acids is 1. The first-order valence-corrected chi connectivity index (χ1v) is 5.65. The molecule has 1 N–H and O–H groups in total. The summed E-state index contributed by atoms with van der Waals surface area (Å²) in [7, 11) is 0. The number of hydrogen-bond donors (Lipinski definition) is 1. The average molecular weight is 258 g/mol. The van der Waals surface area contributed by atoms with Gasteiger partial charge in [0.1, 0.15) is 11.6 Å². The first-order valence-electron chi connectivity index (χ1n) is 5.65. The highest BCUT2D eigenvalue weighted by Gasteiger charge is 2.40. The molecule has 0 aromatic heterocycles. The summed E-state index contributed by atoms with van der Waals surface area (Å²) in [4.78, 5) is 11.6. The predicted octanol–water partition coefficient (Wildman–Crippen LogP) is 2.38. The zero-order valence-corrected chi connectivity index (χ0v) is 10.5. The van der Waals surface area contributed by atoms with E-state index < -0.39 is 29.1 Å². The Morgan fingerprint density at radius 1 is 1.50 bits per heavy atom. The SMILES string of the molecule is CCOC(=O)C(C)(O)C(C)c1ccc(F)cc1F. The molecule has 18 heavy (non-hydrogen) atoms. The van der Waals surface area contributed by atoms with E-state index in [0.717, 1.165) is 6.07 Å². The van der Waals surface area contributed by atoms with Crippen LogP contribution in [-0.2, 0) is 9.53 Å².